The maximum Gasteiger partial charge on any atom is 0.417 e. The number of hydrogen-bond donors (Lipinski definition) is 1. The van der Waals surface area contributed by atoms with Gasteiger partial charge < -0.3 is 5.32 Å². The summed E-state index contributed by atoms with van der Waals surface area (Å²) in [5, 5.41) is 11.6. The van der Waals surface area contributed by atoms with Crippen molar-refractivity contribution in [3.8, 4) is 6.07 Å². The van der Waals surface area contributed by atoms with Crippen LogP contribution in [0, 0.1) is 11.3 Å². The van der Waals surface area contributed by atoms with Gasteiger partial charge in [0.1, 0.15) is 0 Å². The van der Waals surface area contributed by atoms with Gasteiger partial charge in [-0.15, -0.1) is 0 Å². The quantitative estimate of drug-likeness (QED) is 0.634. The Kier molecular flexibility index (Phi) is 6.07. The minimum Gasteiger partial charge on any atom is -0.326 e. The van der Waals surface area contributed by atoms with E-state index in [1.165, 1.54) is 25.1 Å². The van der Waals surface area contributed by atoms with Gasteiger partial charge in [-0.05, 0) is 29.8 Å². The Morgan fingerprint density at radius 1 is 1.12 bits per heavy atom. The normalized spacial score (nSPS) is 12.4. The van der Waals surface area contributed by atoms with Gasteiger partial charge in [-0.3, -0.25) is 4.79 Å². The second kappa shape index (κ2) is 7.75. The summed E-state index contributed by atoms with van der Waals surface area (Å²) in [6, 6.07) is 7.82. The lowest BCUT2D eigenvalue weighted by Gasteiger charge is -2.17. The number of nitriles is 1. The minimum atomic E-state index is -4.67. The van der Waals surface area contributed by atoms with Crippen LogP contribution in [0.2, 0.25) is 15.1 Å². The lowest BCUT2D eigenvalue weighted by Crippen LogP contribution is -2.09. The fourth-order valence-corrected chi connectivity index (χ4v) is 3.31. The van der Waals surface area contributed by atoms with Crippen molar-refractivity contribution in [3.05, 3.63) is 62.1 Å². The average molecular weight is 422 g/mol. The second-order valence-corrected chi connectivity index (χ2v) is 6.56. The molecule has 0 saturated heterocycles. The summed E-state index contributed by atoms with van der Waals surface area (Å²) < 4.78 is 39.2. The number of alkyl halides is 3. The van der Waals surface area contributed by atoms with E-state index in [0.29, 0.717) is 5.69 Å². The number of benzene rings is 2. The third-order valence-corrected chi connectivity index (χ3v) is 4.40. The molecule has 2 aromatic carbocycles. The largest absolute Gasteiger partial charge is 0.417 e. The number of carbonyl (C=O) groups excluding carboxylic acids is 1. The Labute approximate surface area is 162 Å². The molecule has 0 bridgehead atoms. The first kappa shape index (κ1) is 20.4. The van der Waals surface area contributed by atoms with Gasteiger partial charge in [-0.25, -0.2) is 0 Å². The summed E-state index contributed by atoms with van der Waals surface area (Å²) in [4.78, 5) is 11.1. The van der Waals surface area contributed by atoms with E-state index in [-0.39, 0.29) is 27.1 Å². The van der Waals surface area contributed by atoms with E-state index < -0.39 is 22.7 Å². The van der Waals surface area contributed by atoms with Crippen LogP contribution in [0.1, 0.15) is 29.5 Å². The molecule has 2 rings (SSSR count). The van der Waals surface area contributed by atoms with Crippen molar-refractivity contribution in [2.24, 2.45) is 0 Å². The lowest BCUT2D eigenvalue weighted by atomic mass is 9.91. The van der Waals surface area contributed by atoms with Crippen LogP contribution in [0.15, 0.2) is 30.3 Å². The average Bonchev–Trinajstić information content (AvgIpc) is 2.50. The van der Waals surface area contributed by atoms with Crippen LogP contribution in [0.5, 0.6) is 0 Å². The number of anilines is 1. The molecule has 1 amide bonds. The van der Waals surface area contributed by atoms with Crippen LogP contribution >= 0.6 is 34.8 Å². The van der Waals surface area contributed by atoms with Crippen LogP contribution in [-0.2, 0) is 11.0 Å². The van der Waals surface area contributed by atoms with Gasteiger partial charge in [-0.1, -0.05) is 40.9 Å². The van der Waals surface area contributed by atoms with E-state index in [4.69, 9.17) is 34.8 Å². The Hall–Kier alpha value is -1.94. The molecule has 0 radical (unpaired) electrons. The molecule has 0 aliphatic carbocycles. The number of carbonyl (C=O) groups is 1. The Morgan fingerprint density at radius 2 is 1.69 bits per heavy atom. The molecular formula is C17H10Cl3F3N2O. The standard InChI is InChI=1S/C17H10Cl3F3N2O/c1-8(26)25-10-5-14(19)16(15(20)6-10)11(7-24)9-2-3-13(18)12(4-9)17(21,22)23/h2-6,11H,1H3,(H,25,26). The molecule has 0 heterocycles. The maximum atomic E-state index is 13.1. The zero-order valence-corrected chi connectivity index (χ0v) is 15.4. The molecule has 0 saturated carbocycles. The van der Waals surface area contributed by atoms with Gasteiger partial charge in [0, 0.05) is 28.2 Å². The Balaban J connectivity index is 2.57. The molecule has 1 atom stereocenters. The monoisotopic (exact) mass is 420 g/mol. The number of amides is 1. The van der Waals surface area contributed by atoms with Gasteiger partial charge in [0.2, 0.25) is 5.91 Å². The second-order valence-electron chi connectivity index (χ2n) is 5.33. The van der Waals surface area contributed by atoms with Crippen molar-refractivity contribution in [1.82, 2.24) is 0 Å². The highest BCUT2D eigenvalue weighted by molar-refractivity contribution is 6.36. The summed E-state index contributed by atoms with van der Waals surface area (Å²) in [6.45, 7) is 1.29. The van der Waals surface area contributed by atoms with Gasteiger partial charge >= 0.3 is 6.18 Å². The predicted octanol–water partition coefficient (Wildman–Crippen LogP) is 6.28. The molecule has 2 aromatic rings. The zero-order valence-electron chi connectivity index (χ0n) is 13.1. The van der Waals surface area contributed by atoms with Crippen molar-refractivity contribution in [2.45, 2.75) is 19.0 Å². The first-order chi connectivity index (χ1) is 12.0. The molecule has 9 heteroatoms. The summed E-state index contributed by atoms with van der Waals surface area (Å²) in [6.07, 6.45) is -4.67. The van der Waals surface area contributed by atoms with Crippen LogP contribution in [0.3, 0.4) is 0 Å². The molecular weight excluding hydrogens is 412 g/mol. The Bertz CT molecular complexity index is 884. The van der Waals surface area contributed by atoms with Gasteiger partial charge in [0.25, 0.3) is 0 Å². The third kappa shape index (κ3) is 4.42. The van der Waals surface area contributed by atoms with Crippen molar-refractivity contribution in [1.29, 1.82) is 5.26 Å². The smallest absolute Gasteiger partial charge is 0.326 e. The van der Waals surface area contributed by atoms with Crippen LogP contribution in [0.4, 0.5) is 18.9 Å². The summed E-state index contributed by atoms with van der Waals surface area (Å²) in [5.41, 5.74) is -0.570. The molecule has 26 heavy (non-hydrogen) atoms. The highest BCUT2D eigenvalue weighted by Gasteiger charge is 2.34. The molecule has 136 valence electrons. The van der Waals surface area contributed by atoms with E-state index in [9.17, 15) is 23.2 Å². The lowest BCUT2D eigenvalue weighted by molar-refractivity contribution is -0.137. The molecule has 0 aliphatic rings. The fourth-order valence-electron chi connectivity index (χ4n) is 2.38. The van der Waals surface area contributed by atoms with Crippen molar-refractivity contribution in [2.75, 3.05) is 5.32 Å². The number of halogens is 6. The fraction of sp³-hybridized carbons (Fsp3) is 0.176. The van der Waals surface area contributed by atoms with E-state index in [1.54, 1.807) is 0 Å². The van der Waals surface area contributed by atoms with Crippen LogP contribution < -0.4 is 5.32 Å². The van der Waals surface area contributed by atoms with Crippen molar-refractivity contribution >= 4 is 46.4 Å². The number of nitrogens with one attached hydrogen (secondary N) is 1. The van der Waals surface area contributed by atoms with Crippen LogP contribution in [0.25, 0.3) is 0 Å². The third-order valence-electron chi connectivity index (χ3n) is 3.45. The number of rotatable bonds is 3. The van der Waals surface area contributed by atoms with Crippen molar-refractivity contribution < 1.29 is 18.0 Å². The zero-order chi connectivity index (χ0) is 19.6. The van der Waals surface area contributed by atoms with Crippen molar-refractivity contribution in [3.63, 3.8) is 0 Å². The van der Waals surface area contributed by atoms with E-state index in [2.05, 4.69) is 5.32 Å². The van der Waals surface area contributed by atoms with Gasteiger partial charge in [0.15, 0.2) is 0 Å². The first-order valence-corrected chi connectivity index (χ1v) is 8.20. The van der Waals surface area contributed by atoms with Gasteiger partial charge in [0.05, 0.1) is 22.6 Å². The topological polar surface area (TPSA) is 52.9 Å². The molecule has 0 spiro atoms. The summed E-state index contributed by atoms with van der Waals surface area (Å²) in [5.74, 6) is -1.51. The molecule has 0 aliphatic heterocycles. The molecule has 0 fully saturated rings. The number of nitrogens with zero attached hydrogens (tertiary/aromatic N) is 1. The highest BCUT2D eigenvalue weighted by atomic mass is 35.5. The highest BCUT2D eigenvalue weighted by Crippen LogP contribution is 2.41. The van der Waals surface area contributed by atoms with E-state index in [1.807, 2.05) is 6.07 Å². The predicted molar refractivity (Wildman–Crippen MR) is 94.7 cm³/mol. The Morgan fingerprint density at radius 3 is 2.15 bits per heavy atom. The summed E-state index contributed by atoms with van der Waals surface area (Å²) >= 11 is 17.9. The molecule has 0 aromatic heterocycles. The van der Waals surface area contributed by atoms with Crippen LogP contribution in [-0.4, -0.2) is 5.91 Å². The minimum absolute atomic E-state index is 0.0382. The summed E-state index contributed by atoms with van der Waals surface area (Å²) in [7, 11) is 0. The molecule has 3 nitrogen and oxygen atoms in total. The molecule has 1 unspecified atom stereocenters. The first-order valence-electron chi connectivity index (χ1n) is 7.07. The SMILES string of the molecule is CC(=O)Nc1cc(Cl)c(C(C#N)c2ccc(Cl)c(C(F)(F)F)c2)c(Cl)c1. The van der Waals surface area contributed by atoms with Gasteiger partial charge in [-0.2, -0.15) is 18.4 Å². The number of hydrogen-bond acceptors (Lipinski definition) is 2. The molecule has 1 N–H and O–H groups in total. The maximum absolute atomic E-state index is 13.1. The van der Waals surface area contributed by atoms with E-state index in [0.717, 1.165) is 12.1 Å². The van der Waals surface area contributed by atoms with E-state index >= 15 is 0 Å².